The van der Waals surface area contributed by atoms with Gasteiger partial charge < -0.3 is 0 Å². The first-order valence-corrected chi connectivity index (χ1v) is 13.3. The second kappa shape index (κ2) is 10.1. The van der Waals surface area contributed by atoms with Gasteiger partial charge in [0.15, 0.2) is 0 Å². The van der Waals surface area contributed by atoms with Crippen LogP contribution in [0.2, 0.25) is 0 Å². The van der Waals surface area contributed by atoms with Crippen LogP contribution in [0.1, 0.15) is 39.5 Å². The van der Waals surface area contributed by atoms with Crippen molar-refractivity contribution < 1.29 is 32.6 Å². The zero-order chi connectivity index (χ0) is 21.8. The van der Waals surface area contributed by atoms with Gasteiger partial charge in [-0.25, -0.2) is 0 Å². The van der Waals surface area contributed by atoms with Crippen LogP contribution in [0.15, 0.2) is 40.4 Å². The third-order valence-electron chi connectivity index (χ3n) is 5.24. The molecule has 0 aliphatic carbocycles. The standard InChI is InChI=1S/C21H29O7PSe/c1-15(27-18-12-8-9-13-26-18)14-21(29(23,24-3)25-4)19(16(2)20(22)28-21)30-17-10-6-5-7-11-17/h5-7,10-11,15,18H,8-9,12-14H2,1-4H3. The molecule has 1 aromatic carbocycles. The van der Waals surface area contributed by atoms with Crippen molar-refractivity contribution in [2.75, 3.05) is 20.8 Å². The molecule has 0 bridgehead atoms. The van der Waals surface area contributed by atoms with E-state index in [0.717, 1.165) is 23.7 Å². The van der Waals surface area contributed by atoms with E-state index in [1.54, 1.807) is 6.92 Å². The number of hydrogen-bond donors (Lipinski definition) is 0. The molecule has 1 saturated heterocycles. The maximum absolute atomic E-state index is 13.8. The summed E-state index contributed by atoms with van der Waals surface area (Å²) in [5, 5.41) is -1.53. The van der Waals surface area contributed by atoms with E-state index in [9.17, 15) is 9.36 Å². The molecule has 3 unspecified atom stereocenters. The van der Waals surface area contributed by atoms with Crippen molar-refractivity contribution in [1.29, 1.82) is 0 Å². The van der Waals surface area contributed by atoms with E-state index in [4.69, 9.17) is 23.3 Å². The van der Waals surface area contributed by atoms with Crippen LogP contribution in [0.4, 0.5) is 0 Å². The monoisotopic (exact) mass is 504 g/mol. The zero-order valence-corrected chi connectivity index (χ0v) is 20.4. The number of carbonyl (C=O) groups excluding carboxylic acids is 1. The molecular formula is C21H29O7PSe. The number of cyclic esters (lactones) is 1. The van der Waals surface area contributed by atoms with Crippen molar-refractivity contribution >= 4 is 33.0 Å². The van der Waals surface area contributed by atoms with Gasteiger partial charge >= 0.3 is 184 Å². The van der Waals surface area contributed by atoms with E-state index in [1.807, 2.05) is 37.3 Å². The molecule has 30 heavy (non-hydrogen) atoms. The second-order valence-corrected chi connectivity index (χ2v) is 12.1. The van der Waals surface area contributed by atoms with Crippen LogP contribution in [0.3, 0.4) is 0 Å². The summed E-state index contributed by atoms with van der Waals surface area (Å²) in [7, 11) is -1.21. The van der Waals surface area contributed by atoms with Crippen molar-refractivity contribution in [1.82, 2.24) is 0 Å². The van der Waals surface area contributed by atoms with Crippen molar-refractivity contribution in [3.63, 3.8) is 0 Å². The van der Waals surface area contributed by atoms with Crippen LogP contribution in [0.25, 0.3) is 0 Å². The van der Waals surface area contributed by atoms with E-state index >= 15 is 0 Å². The van der Waals surface area contributed by atoms with Crippen LogP contribution in [-0.4, -0.2) is 59.5 Å². The number of hydrogen-bond acceptors (Lipinski definition) is 7. The Hall–Kier alpha value is -0.981. The molecule has 0 spiro atoms. The molecule has 2 aliphatic heterocycles. The van der Waals surface area contributed by atoms with Gasteiger partial charge in [-0.05, 0) is 0 Å². The Bertz CT molecular complexity index is 814. The van der Waals surface area contributed by atoms with Gasteiger partial charge in [0, 0.05) is 0 Å². The fraction of sp³-hybridized carbons (Fsp3) is 0.571. The average Bonchev–Trinajstić information content (AvgIpc) is 2.99. The van der Waals surface area contributed by atoms with Gasteiger partial charge in [0.1, 0.15) is 0 Å². The van der Waals surface area contributed by atoms with E-state index in [0.29, 0.717) is 16.7 Å². The first kappa shape index (κ1) is 23.7. The van der Waals surface area contributed by atoms with Gasteiger partial charge in [-0.2, -0.15) is 0 Å². The molecule has 1 aromatic rings. The molecule has 0 amide bonds. The summed E-state index contributed by atoms with van der Waals surface area (Å²) in [6.45, 7) is 4.23. The summed E-state index contributed by atoms with van der Waals surface area (Å²) >= 11 is -0.314. The normalized spacial score (nSPS) is 26.0. The van der Waals surface area contributed by atoms with Gasteiger partial charge in [0.05, 0.1) is 0 Å². The predicted octanol–water partition coefficient (Wildman–Crippen LogP) is 3.35. The fourth-order valence-corrected chi connectivity index (χ4v) is 8.71. The predicted molar refractivity (Wildman–Crippen MR) is 114 cm³/mol. The minimum absolute atomic E-state index is 0.152. The average molecular weight is 503 g/mol. The van der Waals surface area contributed by atoms with E-state index < -0.39 is 25.0 Å². The maximum atomic E-state index is 13.8. The number of carbonyl (C=O) groups is 1. The summed E-state index contributed by atoms with van der Waals surface area (Å²) in [6, 6.07) is 9.76. The molecule has 2 aliphatic rings. The molecule has 9 heteroatoms. The van der Waals surface area contributed by atoms with Crippen molar-refractivity contribution in [3.8, 4) is 0 Å². The molecule has 2 heterocycles. The first-order chi connectivity index (χ1) is 14.3. The molecule has 0 N–H and O–H groups in total. The third kappa shape index (κ3) is 4.76. The van der Waals surface area contributed by atoms with Crippen molar-refractivity contribution in [2.45, 2.75) is 57.3 Å². The van der Waals surface area contributed by atoms with Gasteiger partial charge in [0.2, 0.25) is 0 Å². The van der Waals surface area contributed by atoms with Crippen LogP contribution in [0, 0.1) is 0 Å². The summed E-state index contributed by atoms with van der Waals surface area (Å²) < 4.78 is 43.8. The van der Waals surface area contributed by atoms with E-state index in [2.05, 4.69) is 0 Å². The Morgan fingerprint density at radius 1 is 1.23 bits per heavy atom. The molecule has 3 rings (SSSR count). The molecule has 0 aromatic heterocycles. The minimum atomic E-state index is -3.84. The Balaban J connectivity index is 1.96. The summed E-state index contributed by atoms with van der Waals surface area (Å²) in [6.07, 6.45) is 2.29. The molecular weight excluding hydrogens is 474 g/mol. The zero-order valence-electron chi connectivity index (χ0n) is 17.8. The molecule has 3 atom stereocenters. The van der Waals surface area contributed by atoms with Crippen molar-refractivity contribution in [3.05, 3.63) is 40.4 Å². The Morgan fingerprint density at radius 2 is 1.93 bits per heavy atom. The third-order valence-corrected chi connectivity index (χ3v) is 10.7. The SMILES string of the molecule is COP(=O)(OC)C1(CC(C)OC2CCCCO2)OC(=O)C(C)=C1[Se]c1ccccc1. The van der Waals surface area contributed by atoms with Crippen LogP contribution < -0.4 is 4.46 Å². The summed E-state index contributed by atoms with van der Waals surface area (Å²) in [4.78, 5) is 12.7. The molecule has 0 radical (unpaired) electrons. The molecule has 1 fully saturated rings. The number of benzene rings is 1. The summed E-state index contributed by atoms with van der Waals surface area (Å²) in [5.41, 5.74) is 0.453. The molecule has 0 saturated carbocycles. The van der Waals surface area contributed by atoms with Crippen molar-refractivity contribution in [2.24, 2.45) is 0 Å². The quantitative estimate of drug-likeness (QED) is 0.291. The Morgan fingerprint density at radius 3 is 2.53 bits per heavy atom. The van der Waals surface area contributed by atoms with Gasteiger partial charge in [-0.3, -0.25) is 0 Å². The molecule has 7 nitrogen and oxygen atoms in total. The van der Waals surface area contributed by atoms with E-state index in [-0.39, 0.29) is 27.7 Å². The number of rotatable bonds is 9. The Kier molecular flexibility index (Phi) is 7.97. The van der Waals surface area contributed by atoms with Crippen LogP contribution in [0.5, 0.6) is 0 Å². The first-order valence-electron chi connectivity index (χ1n) is 10.0. The Labute approximate surface area is 184 Å². The van der Waals surface area contributed by atoms with E-state index in [1.165, 1.54) is 14.2 Å². The van der Waals surface area contributed by atoms with Gasteiger partial charge in [-0.1, -0.05) is 0 Å². The number of ether oxygens (including phenoxy) is 3. The van der Waals surface area contributed by atoms with Crippen LogP contribution >= 0.6 is 7.60 Å². The number of esters is 1. The fourth-order valence-electron chi connectivity index (χ4n) is 3.74. The topological polar surface area (TPSA) is 80.3 Å². The van der Waals surface area contributed by atoms with Gasteiger partial charge in [-0.15, -0.1) is 0 Å². The second-order valence-electron chi connectivity index (χ2n) is 7.35. The summed E-state index contributed by atoms with van der Waals surface area (Å²) in [5.74, 6) is -0.502. The van der Waals surface area contributed by atoms with Gasteiger partial charge in [0.25, 0.3) is 0 Å². The molecule has 166 valence electrons. The van der Waals surface area contributed by atoms with Crippen LogP contribution in [-0.2, 0) is 32.6 Å².